The lowest BCUT2D eigenvalue weighted by atomic mass is 10.0. The summed E-state index contributed by atoms with van der Waals surface area (Å²) in [5, 5.41) is 12.8. The number of hydrogen-bond acceptors (Lipinski definition) is 4. The molecule has 5 aromatic rings. The zero-order chi connectivity index (χ0) is 24.5. The van der Waals surface area contributed by atoms with Crippen molar-refractivity contribution in [3.63, 3.8) is 0 Å². The second-order valence-electron chi connectivity index (χ2n) is 8.12. The van der Waals surface area contributed by atoms with Crippen LogP contribution in [0.4, 0.5) is 10.2 Å². The number of benzene rings is 2. The highest BCUT2D eigenvalue weighted by Crippen LogP contribution is 2.27. The molecular formula is C26H22ClFN6O. The first-order valence-electron chi connectivity index (χ1n) is 11.1. The summed E-state index contributed by atoms with van der Waals surface area (Å²) in [6.07, 6.45) is 3.51. The van der Waals surface area contributed by atoms with E-state index in [1.54, 1.807) is 35.3 Å². The maximum Gasteiger partial charge on any atom is 0.257 e. The van der Waals surface area contributed by atoms with Crippen LogP contribution in [0.15, 0.2) is 67.0 Å². The number of fused-ring (bicyclic) bond motifs is 1. The third kappa shape index (κ3) is 4.52. The third-order valence-corrected chi connectivity index (χ3v) is 6.22. The maximum atomic E-state index is 13.3. The Labute approximate surface area is 206 Å². The number of rotatable bonds is 6. The van der Waals surface area contributed by atoms with E-state index in [0.717, 1.165) is 34.3 Å². The molecule has 35 heavy (non-hydrogen) atoms. The molecule has 0 aliphatic rings. The van der Waals surface area contributed by atoms with Gasteiger partial charge in [0.05, 0.1) is 29.5 Å². The SMILES string of the molecule is CCn1ncc(-c2cc(C(=O)Nc3ccn(Cc4ccc(F)cc4Cl)n3)c3ccccc3n2)c1C. The molecule has 2 aromatic carbocycles. The summed E-state index contributed by atoms with van der Waals surface area (Å²) in [7, 11) is 0. The van der Waals surface area contributed by atoms with Gasteiger partial charge in [-0.2, -0.15) is 10.2 Å². The van der Waals surface area contributed by atoms with E-state index in [1.807, 2.05) is 42.8 Å². The molecule has 0 atom stereocenters. The van der Waals surface area contributed by atoms with Crippen LogP contribution in [0.2, 0.25) is 5.02 Å². The first kappa shape index (κ1) is 22.7. The lowest BCUT2D eigenvalue weighted by Crippen LogP contribution is -2.14. The number of carbonyl (C=O) groups excluding carboxylic acids is 1. The van der Waals surface area contributed by atoms with Gasteiger partial charge < -0.3 is 5.32 Å². The van der Waals surface area contributed by atoms with E-state index in [4.69, 9.17) is 16.6 Å². The molecule has 9 heteroatoms. The highest BCUT2D eigenvalue weighted by Gasteiger charge is 2.17. The van der Waals surface area contributed by atoms with Crippen LogP contribution >= 0.6 is 11.6 Å². The van der Waals surface area contributed by atoms with Crippen LogP contribution < -0.4 is 5.32 Å². The van der Waals surface area contributed by atoms with Gasteiger partial charge in [-0.1, -0.05) is 35.9 Å². The molecule has 0 spiro atoms. The summed E-state index contributed by atoms with van der Waals surface area (Å²) in [6, 6.07) is 15.3. The fourth-order valence-corrected chi connectivity index (χ4v) is 4.27. The highest BCUT2D eigenvalue weighted by atomic mass is 35.5. The fraction of sp³-hybridized carbons (Fsp3) is 0.154. The largest absolute Gasteiger partial charge is 0.305 e. The van der Waals surface area contributed by atoms with Gasteiger partial charge >= 0.3 is 0 Å². The molecular weight excluding hydrogens is 467 g/mol. The predicted molar refractivity (Wildman–Crippen MR) is 134 cm³/mol. The van der Waals surface area contributed by atoms with Crippen molar-refractivity contribution >= 4 is 34.2 Å². The fourth-order valence-electron chi connectivity index (χ4n) is 4.04. The van der Waals surface area contributed by atoms with Crippen molar-refractivity contribution in [2.45, 2.75) is 26.9 Å². The van der Waals surface area contributed by atoms with Crippen LogP contribution in [-0.2, 0) is 13.1 Å². The number of aromatic nitrogens is 5. The van der Waals surface area contributed by atoms with Gasteiger partial charge in [-0.05, 0) is 43.7 Å². The molecule has 0 saturated carbocycles. The molecule has 0 radical (unpaired) electrons. The lowest BCUT2D eigenvalue weighted by Gasteiger charge is -2.10. The van der Waals surface area contributed by atoms with E-state index in [0.29, 0.717) is 28.6 Å². The summed E-state index contributed by atoms with van der Waals surface area (Å²) >= 11 is 6.13. The normalized spacial score (nSPS) is 11.2. The molecule has 1 N–H and O–H groups in total. The summed E-state index contributed by atoms with van der Waals surface area (Å²) in [4.78, 5) is 18.1. The predicted octanol–water partition coefficient (Wildman–Crippen LogP) is 5.72. The number of nitrogens with zero attached hydrogens (tertiary/aromatic N) is 5. The van der Waals surface area contributed by atoms with E-state index in [9.17, 15) is 9.18 Å². The van der Waals surface area contributed by atoms with E-state index in [2.05, 4.69) is 15.5 Å². The number of nitrogens with one attached hydrogen (secondary N) is 1. The third-order valence-electron chi connectivity index (χ3n) is 5.87. The molecule has 0 bridgehead atoms. The first-order valence-corrected chi connectivity index (χ1v) is 11.5. The topological polar surface area (TPSA) is 77.6 Å². The molecule has 3 aromatic heterocycles. The van der Waals surface area contributed by atoms with Gasteiger partial charge in [0.25, 0.3) is 5.91 Å². The highest BCUT2D eigenvalue weighted by molar-refractivity contribution is 6.31. The number of para-hydroxylation sites is 1. The molecule has 7 nitrogen and oxygen atoms in total. The van der Waals surface area contributed by atoms with Gasteiger partial charge in [0, 0.05) is 40.5 Å². The molecule has 0 unspecified atom stereocenters. The smallest absolute Gasteiger partial charge is 0.257 e. The average Bonchev–Trinajstić information content (AvgIpc) is 3.45. The number of amides is 1. The lowest BCUT2D eigenvalue weighted by molar-refractivity contribution is 0.102. The van der Waals surface area contributed by atoms with Crippen LogP contribution in [-0.4, -0.2) is 30.5 Å². The van der Waals surface area contributed by atoms with Crippen LogP contribution in [0, 0.1) is 12.7 Å². The minimum absolute atomic E-state index is 0.296. The Hall–Kier alpha value is -4.04. The summed E-state index contributed by atoms with van der Waals surface area (Å²) in [5.41, 5.74) is 4.48. The van der Waals surface area contributed by atoms with Crippen molar-refractivity contribution in [3.8, 4) is 11.3 Å². The standard InChI is InChI=1S/C26H22ClFN6O/c1-3-34-16(2)21(14-29-34)24-13-20(19-6-4-5-7-23(19)30-24)26(35)31-25-10-11-33(32-25)15-17-8-9-18(28)12-22(17)27/h4-14H,3,15H2,1-2H3,(H,31,32,35). The number of halogens is 2. The molecule has 5 rings (SSSR count). The molecule has 0 saturated heterocycles. The maximum absolute atomic E-state index is 13.3. The van der Waals surface area contributed by atoms with E-state index in [1.165, 1.54) is 12.1 Å². The van der Waals surface area contributed by atoms with E-state index >= 15 is 0 Å². The average molecular weight is 489 g/mol. The minimum Gasteiger partial charge on any atom is -0.305 e. The van der Waals surface area contributed by atoms with Gasteiger partial charge in [-0.3, -0.25) is 14.2 Å². The van der Waals surface area contributed by atoms with Crippen LogP contribution in [0.1, 0.15) is 28.5 Å². The van der Waals surface area contributed by atoms with Crippen LogP contribution in [0.3, 0.4) is 0 Å². The monoisotopic (exact) mass is 488 g/mol. The Morgan fingerprint density at radius 1 is 1.14 bits per heavy atom. The van der Waals surface area contributed by atoms with Gasteiger partial charge in [-0.25, -0.2) is 9.37 Å². The zero-order valence-electron chi connectivity index (χ0n) is 19.2. The van der Waals surface area contributed by atoms with Crippen LogP contribution in [0.5, 0.6) is 0 Å². The van der Waals surface area contributed by atoms with Crippen molar-refractivity contribution < 1.29 is 9.18 Å². The number of aryl methyl sites for hydroxylation is 1. The first-order chi connectivity index (χ1) is 16.9. The van der Waals surface area contributed by atoms with Crippen molar-refractivity contribution in [1.29, 1.82) is 0 Å². The Kier molecular flexibility index (Phi) is 6.05. The molecule has 0 fully saturated rings. The minimum atomic E-state index is -0.395. The van der Waals surface area contributed by atoms with Crippen molar-refractivity contribution in [2.75, 3.05) is 5.32 Å². The summed E-state index contributed by atoms with van der Waals surface area (Å²) in [5.74, 6) is -0.297. The molecule has 3 heterocycles. The molecule has 176 valence electrons. The van der Waals surface area contributed by atoms with Crippen LogP contribution in [0.25, 0.3) is 22.2 Å². The van der Waals surface area contributed by atoms with Gasteiger partial charge in [0.2, 0.25) is 0 Å². The number of carbonyl (C=O) groups is 1. The number of pyridine rings is 1. The van der Waals surface area contributed by atoms with E-state index in [-0.39, 0.29) is 5.91 Å². The number of anilines is 1. The van der Waals surface area contributed by atoms with E-state index < -0.39 is 5.82 Å². The van der Waals surface area contributed by atoms with Crippen molar-refractivity contribution in [1.82, 2.24) is 24.5 Å². The Morgan fingerprint density at radius 3 is 2.74 bits per heavy atom. The molecule has 1 amide bonds. The second kappa shape index (κ2) is 9.31. The zero-order valence-corrected chi connectivity index (χ0v) is 19.9. The summed E-state index contributed by atoms with van der Waals surface area (Å²) in [6.45, 7) is 5.11. The second-order valence-corrected chi connectivity index (χ2v) is 8.53. The molecule has 0 aliphatic carbocycles. The van der Waals surface area contributed by atoms with Gasteiger partial charge in [0.1, 0.15) is 5.82 Å². The summed E-state index contributed by atoms with van der Waals surface area (Å²) < 4.78 is 16.8. The van der Waals surface area contributed by atoms with Crippen molar-refractivity contribution in [2.24, 2.45) is 0 Å². The Balaban J connectivity index is 1.44. The van der Waals surface area contributed by atoms with Crippen molar-refractivity contribution in [3.05, 3.63) is 94.7 Å². The quantitative estimate of drug-likeness (QED) is 0.332. The number of hydrogen-bond donors (Lipinski definition) is 1. The Morgan fingerprint density at radius 2 is 1.97 bits per heavy atom. The van der Waals surface area contributed by atoms with Gasteiger partial charge in [-0.15, -0.1) is 0 Å². The molecule has 0 aliphatic heterocycles. The van der Waals surface area contributed by atoms with Gasteiger partial charge in [0.15, 0.2) is 5.82 Å². The Bertz CT molecular complexity index is 1560.